The van der Waals surface area contributed by atoms with E-state index in [1.807, 2.05) is 6.92 Å². The van der Waals surface area contributed by atoms with Crippen molar-refractivity contribution in [2.45, 2.75) is 32.7 Å². The van der Waals surface area contributed by atoms with Crippen molar-refractivity contribution in [1.82, 2.24) is 5.32 Å². The number of amides is 1. The van der Waals surface area contributed by atoms with E-state index in [9.17, 15) is 9.59 Å². The summed E-state index contributed by atoms with van der Waals surface area (Å²) in [5.74, 6) is -0.912. The normalized spacial score (nSPS) is 13.3. The van der Waals surface area contributed by atoms with Crippen molar-refractivity contribution in [3.63, 3.8) is 0 Å². The molecule has 0 heterocycles. The molecule has 1 aromatic carbocycles. The molecule has 21 heavy (non-hydrogen) atoms. The number of rotatable bonds is 8. The number of hydrogen-bond acceptors (Lipinski definition) is 3. The fraction of sp³-hybridized carbons (Fsp3) is 0.467. The van der Waals surface area contributed by atoms with Crippen molar-refractivity contribution < 1.29 is 19.4 Å². The van der Waals surface area contributed by atoms with Gasteiger partial charge in [-0.1, -0.05) is 37.9 Å². The molecule has 0 aliphatic carbocycles. The van der Waals surface area contributed by atoms with Gasteiger partial charge in [0, 0.05) is 5.02 Å². The Hall–Kier alpha value is -1.75. The molecular formula is C15H20ClNO4. The molecule has 0 spiro atoms. The van der Waals surface area contributed by atoms with E-state index >= 15 is 0 Å². The van der Waals surface area contributed by atoms with Crippen LogP contribution in [0.3, 0.4) is 0 Å². The van der Waals surface area contributed by atoms with E-state index in [0.717, 1.165) is 0 Å². The molecule has 0 fully saturated rings. The number of carboxylic acids is 1. The van der Waals surface area contributed by atoms with E-state index in [1.165, 1.54) is 0 Å². The van der Waals surface area contributed by atoms with E-state index in [4.69, 9.17) is 21.4 Å². The Kier molecular flexibility index (Phi) is 7.02. The number of nitrogens with one attached hydrogen (secondary N) is 1. The van der Waals surface area contributed by atoms with Crippen LogP contribution >= 0.6 is 11.6 Å². The summed E-state index contributed by atoms with van der Waals surface area (Å²) in [6, 6.07) is 6.00. The topological polar surface area (TPSA) is 75.6 Å². The number of ether oxygens (including phenoxy) is 1. The van der Waals surface area contributed by atoms with E-state index in [2.05, 4.69) is 5.32 Å². The van der Waals surface area contributed by atoms with Gasteiger partial charge in [-0.15, -0.1) is 0 Å². The number of aliphatic carboxylic acids is 1. The maximum Gasteiger partial charge on any atom is 0.326 e. The summed E-state index contributed by atoms with van der Waals surface area (Å²) in [7, 11) is 0. The molecule has 2 N–H and O–H groups in total. The number of benzene rings is 1. The van der Waals surface area contributed by atoms with Crippen LogP contribution in [0.15, 0.2) is 24.3 Å². The fourth-order valence-corrected chi connectivity index (χ4v) is 1.93. The molecule has 1 aromatic rings. The molecule has 1 amide bonds. The predicted molar refractivity (Wildman–Crippen MR) is 80.6 cm³/mol. The largest absolute Gasteiger partial charge is 0.493 e. The highest BCUT2D eigenvalue weighted by molar-refractivity contribution is 6.30. The average molecular weight is 314 g/mol. The quantitative estimate of drug-likeness (QED) is 0.773. The first-order valence-electron chi connectivity index (χ1n) is 6.84. The third-order valence-electron chi connectivity index (χ3n) is 3.19. The Bertz CT molecular complexity index is 492. The van der Waals surface area contributed by atoms with Crippen LogP contribution in [0, 0.1) is 5.92 Å². The lowest BCUT2D eigenvalue weighted by atomic mass is 9.99. The number of carbonyl (C=O) groups is 2. The average Bonchev–Trinajstić information content (AvgIpc) is 2.43. The summed E-state index contributed by atoms with van der Waals surface area (Å²) in [6.07, 6.45) is 0.767. The molecule has 6 heteroatoms. The molecule has 2 atom stereocenters. The van der Waals surface area contributed by atoms with Crippen molar-refractivity contribution in [1.29, 1.82) is 0 Å². The van der Waals surface area contributed by atoms with Crippen LogP contribution in [-0.4, -0.2) is 29.6 Å². The third kappa shape index (κ3) is 6.04. The van der Waals surface area contributed by atoms with Gasteiger partial charge in [0.2, 0.25) is 5.91 Å². The summed E-state index contributed by atoms with van der Waals surface area (Å²) >= 11 is 5.82. The highest BCUT2D eigenvalue weighted by Gasteiger charge is 2.24. The molecule has 0 saturated heterocycles. The SMILES string of the molecule is CCC(C)C(NC(=O)CCOc1cccc(Cl)c1)C(=O)O. The lowest BCUT2D eigenvalue weighted by molar-refractivity contribution is -0.143. The van der Waals surface area contributed by atoms with Crippen LogP contribution in [0.2, 0.25) is 5.02 Å². The van der Waals surface area contributed by atoms with E-state index in [0.29, 0.717) is 17.2 Å². The summed E-state index contributed by atoms with van der Waals surface area (Å²) in [5.41, 5.74) is 0. The van der Waals surface area contributed by atoms with E-state index in [1.54, 1.807) is 31.2 Å². The number of halogens is 1. The molecule has 0 saturated carbocycles. The molecular weight excluding hydrogens is 294 g/mol. The zero-order valence-electron chi connectivity index (χ0n) is 12.1. The molecule has 0 aliphatic rings. The first kappa shape index (κ1) is 17.3. The van der Waals surface area contributed by atoms with Crippen molar-refractivity contribution in [3.8, 4) is 5.75 Å². The Morgan fingerprint density at radius 3 is 2.71 bits per heavy atom. The fourth-order valence-electron chi connectivity index (χ4n) is 1.75. The van der Waals surface area contributed by atoms with Gasteiger partial charge >= 0.3 is 5.97 Å². The summed E-state index contributed by atoms with van der Waals surface area (Å²) < 4.78 is 5.39. The first-order valence-corrected chi connectivity index (χ1v) is 7.22. The molecule has 0 bridgehead atoms. The molecule has 5 nitrogen and oxygen atoms in total. The zero-order valence-corrected chi connectivity index (χ0v) is 12.9. The lowest BCUT2D eigenvalue weighted by Gasteiger charge is -2.20. The Morgan fingerprint density at radius 2 is 2.14 bits per heavy atom. The van der Waals surface area contributed by atoms with Crippen LogP contribution in [0.1, 0.15) is 26.7 Å². The summed E-state index contributed by atoms with van der Waals surface area (Å²) in [6.45, 7) is 3.84. The Balaban J connectivity index is 2.41. The Morgan fingerprint density at radius 1 is 1.43 bits per heavy atom. The first-order chi connectivity index (χ1) is 9.93. The highest BCUT2D eigenvalue weighted by Crippen LogP contribution is 2.17. The predicted octanol–water partition coefficient (Wildman–Crippen LogP) is 2.72. The van der Waals surface area contributed by atoms with Crippen LogP contribution in [0.5, 0.6) is 5.75 Å². The number of hydrogen-bond donors (Lipinski definition) is 2. The summed E-state index contributed by atoms with van der Waals surface area (Å²) in [5, 5.41) is 12.2. The molecule has 116 valence electrons. The van der Waals surface area contributed by atoms with Gasteiger partial charge in [0.15, 0.2) is 0 Å². The summed E-state index contributed by atoms with van der Waals surface area (Å²) in [4.78, 5) is 22.9. The minimum atomic E-state index is -1.02. The minimum Gasteiger partial charge on any atom is -0.493 e. The lowest BCUT2D eigenvalue weighted by Crippen LogP contribution is -2.45. The van der Waals surface area contributed by atoms with Crippen molar-refractivity contribution >= 4 is 23.5 Å². The van der Waals surface area contributed by atoms with E-state index < -0.39 is 12.0 Å². The van der Waals surface area contributed by atoms with Gasteiger partial charge in [-0.25, -0.2) is 4.79 Å². The number of carbonyl (C=O) groups excluding carboxylic acids is 1. The molecule has 0 aliphatic heterocycles. The molecule has 1 rings (SSSR count). The van der Waals surface area contributed by atoms with Gasteiger partial charge < -0.3 is 15.2 Å². The number of carboxylic acid groups (broad SMARTS) is 1. The monoisotopic (exact) mass is 313 g/mol. The third-order valence-corrected chi connectivity index (χ3v) is 3.42. The smallest absolute Gasteiger partial charge is 0.326 e. The van der Waals surface area contributed by atoms with Crippen molar-refractivity contribution in [3.05, 3.63) is 29.3 Å². The van der Waals surface area contributed by atoms with Gasteiger partial charge in [0.25, 0.3) is 0 Å². The van der Waals surface area contributed by atoms with Gasteiger partial charge in [-0.05, 0) is 24.1 Å². The van der Waals surface area contributed by atoms with Crippen molar-refractivity contribution in [2.24, 2.45) is 5.92 Å². The van der Waals surface area contributed by atoms with Gasteiger partial charge in [-0.3, -0.25) is 4.79 Å². The second kappa shape index (κ2) is 8.52. The molecule has 2 unspecified atom stereocenters. The Labute approximate surface area is 129 Å². The standard InChI is InChI=1S/C15H20ClNO4/c1-3-10(2)14(15(19)20)17-13(18)7-8-21-12-6-4-5-11(16)9-12/h4-6,9-10,14H,3,7-8H2,1-2H3,(H,17,18)(H,19,20). The van der Waals surface area contributed by atoms with Gasteiger partial charge in [0.05, 0.1) is 13.0 Å². The van der Waals surface area contributed by atoms with E-state index in [-0.39, 0.29) is 24.9 Å². The second-order valence-electron chi connectivity index (χ2n) is 4.82. The highest BCUT2D eigenvalue weighted by atomic mass is 35.5. The zero-order chi connectivity index (χ0) is 15.8. The molecule has 0 aromatic heterocycles. The van der Waals surface area contributed by atoms with Crippen LogP contribution in [-0.2, 0) is 9.59 Å². The van der Waals surface area contributed by atoms with Crippen molar-refractivity contribution in [2.75, 3.05) is 6.61 Å². The maximum absolute atomic E-state index is 11.8. The maximum atomic E-state index is 11.8. The molecule has 0 radical (unpaired) electrons. The van der Waals surface area contributed by atoms with Gasteiger partial charge in [-0.2, -0.15) is 0 Å². The second-order valence-corrected chi connectivity index (χ2v) is 5.26. The van der Waals surface area contributed by atoms with Gasteiger partial charge in [0.1, 0.15) is 11.8 Å². The van der Waals surface area contributed by atoms with Crippen LogP contribution in [0.25, 0.3) is 0 Å². The van der Waals surface area contributed by atoms with Crippen LogP contribution in [0.4, 0.5) is 0 Å². The van der Waals surface area contributed by atoms with Crippen LogP contribution < -0.4 is 10.1 Å². The minimum absolute atomic E-state index is 0.0900.